The number of esters is 1. The molecule has 0 aromatic carbocycles. The standard InChI is InChI=1S/C17H30N2O2/c1-3-5-6-7-8-9-10-12-21-17(20)16-13-15(18)14-19(16)11-4-2/h13-14H,3-12,18H2,1-2H3. The molecule has 0 amide bonds. The molecule has 0 fully saturated rings. The summed E-state index contributed by atoms with van der Waals surface area (Å²) in [5.41, 5.74) is 6.94. The Morgan fingerprint density at radius 1 is 1.10 bits per heavy atom. The van der Waals surface area contributed by atoms with Crippen molar-refractivity contribution >= 4 is 11.7 Å². The number of rotatable bonds is 11. The van der Waals surface area contributed by atoms with E-state index in [-0.39, 0.29) is 5.97 Å². The van der Waals surface area contributed by atoms with Gasteiger partial charge in [0.15, 0.2) is 0 Å². The average molecular weight is 294 g/mol. The number of nitrogens with zero attached hydrogens (tertiary/aromatic N) is 1. The zero-order valence-corrected chi connectivity index (χ0v) is 13.6. The first-order valence-corrected chi connectivity index (χ1v) is 8.31. The van der Waals surface area contributed by atoms with Crippen molar-refractivity contribution in [3.8, 4) is 0 Å². The number of carbonyl (C=O) groups excluding carboxylic acids is 1. The van der Waals surface area contributed by atoms with Gasteiger partial charge in [-0.1, -0.05) is 52.4 Å². The summed E-state index contributed by atoms with van der Waals surface area (Å²) in [5, 5.41) is 0. The SMILES string of the molecule is CCCCCCCCCOC(=O)c1cc(N)cn1CCC. The summed E-state index contributed by atoms with van der Waals surface area (Å²) >= 11 is 0. The molecule has 0 aliphatic heterocycles. The van der Waals surface area contributed by atoms with E-state index in [0.29, 0.717) is 18.0 Å². The lowest BCUT2D eigenvalue weighted by Crippen LogP contribution is -2.12. The molecule has 0 saturated carbocycles. The van der Waals surface area contributed by atoms with Gasteiger partial charge in [-0.3, -0.25) is 0 Å². The van der Waals surface area contributed by atoms with E-state index in [2.05, 4.69) is 13.8 Å². The molecule has 4 heteroatoms. The fourth-order valence-electron chi connectivity index (χ4n) is 2.43. The second kappa shape index (κ2) is 10.3. The molecule has 2 N–H and O–H groups in total. The third-order valence-corrected chi connectivity index (χ3v) is 3.57. The quantitative estimate of drug-likeness (QED) is 0.486. The number of anilines is 1. The zero-order chi connectivity index (χ0) is 15.5. The van der Waals surface area contributed by atoms with Crippen molar-refractivity contribution in [3.63, 3.8) is 0 Å². The van der Waals surface area contributed by atoms with Gasteiger partial charge in [-0.15, -0.1) is 0 Å². The minimum atomic E-state index is -0.258. The molecule has 0 saturated heterocycles. The molecule has 0 aliphatic carbocycles. The van der Waals surface area contributed by atoms with Gasteiger partial charge in [-0.05, 0) is 18.9 Å². The summed E-state index contributed by atoms with van der Waals surface area (Å²) in [7, 11) is 0. The Labute approximate surface area is 128 Å². The van der Waals surface area contributed by atoms with Gasteiger partial charge in [0.05, 0.1) is 12.3 Å². The first-order chi connectivity index (χ1) is 10.2. The molecular formula is C17H30N2O2. The molecule has 4 nitrogen and oxygen atoms in total. The number of hydrogen-bond acceptors (Lipinski definition) is 3. The fourth-order valence-corrected chi connectivity index (χ4v) is 2.43. The Bertz CT molecular complexity index is 413. The first-order valence-electron chi connectivity index (χ1n) is 8.31. The smallest absolute Gasteiger partial charge is 0.355 e. The fraction of sp³-hybridized carbons (Fsp3) is 0.706. The van der Waals surface area contributed by atoms with Gasteiger partial charge in [0, 0.05) is 12.7 Å². The number of aryl methyl sites for hydroxylation is 1. The highest BCUT2D eigenvalue weighted by Gasteiger charge is 2.13. The Kier molecular flexibility index (Phi) is 8.63. The Morgan fingerprint density at radius 3 is 2.43 bits per heavy atom. The predicted molar refractivity (Wildman–Crippen MR) is 87.4 cm³/mol. The third kappa shape index (κ3) is 6.69. The maximum Gasteiger partial charge on any atom is 0.355 e. The van der Waals surface area contributed by atoms with Gasteiger partial charge in [-0.25, -0.2) is 4.79 Å². The molecule has 120 valence electrons. The van der Waals surface area contributed by atoms with Crippen LogP contribution in [-0.2, 0) is 11.3 Å². The van der Waals surface area contributed by atoms with Crippen molar-refractivity contribution in [2.75, 3.05) is 12.3 Å². The van der Waals surface area contributed by atoms with Crippen LogP contribution in [0, 0.1) is 0 Å². The van der Waals surface area contributed by atoms with E-state index in [1.54, 1.807) is 12.3 Å². The van der Waals surface area contributed by atoms with E-state index in [9.17, 15) is 4.79 Å². The van der Waals surface area contributed by atoms with Crippen LogP contribution in [0.5, 0.6) is 0 Å². The lowest BCUT2D eigenvalue weighted by atomic mass is 10.1. The molecule has 0 spiro atoms. The van der Waals surface area contributed by atoms with E-state index in [0.717, 1.165) is 25.8 Å². The van der Waals surface area contributed by atoms with Crippen LogP contribution in [0.15, 0.2) is 12.3 Å². The maximum atomic E-state index is 12.0. The summed E-state index contributed by atoms with van der Waals surface area (Å²) in [6.07, 6.45) is 11.3. The molecule has 1 aromatic rings. The number of aromatic nitrogens is 1. The molecule has 0 atom stereocenters. The molecular weight excluding hydrogens is 264 g/mol. The first kappa shape index (κ1) is 17.6. The molecule has 0 radical (unpaired) electrons. The van der Waals surface area contributed by atoms with Crippen molar-refractivity contribution in [3.05, 3.63) is 18.0 Å². The van der Waals surface area contributed by atoms with Crippen LogP contribution in [0.25, 0.3) is 0 Å². The number of nitrogen functional groups attached to an aromatic ring is 1. The van der Waals surface area contributed by atoms with E-state index >= 15 is 0 Å². The van der Waals surface area contributed by atoms with Crippen LogP contribution >= 0.6 is 0 Å². The van der Waals surface area contributed by atoms with Crippen molar-refractivity contribution in [2.45, 2.75) is 71.8 Å². The normalized spacial score (nSPS) is 10.8. The topological polar surface area (TPSA) is 57.2 Å². The summed E-state index contributed by atoms with van der Waals surface area (Å²) in [4.78, 5) is 12.0. The van der Waals surface area contributed by atoms with Crippen LogP contribution in [0.1, 0.15) is 75.7 Å². The molecule has 0 unspecified atom stereocenters. The lowest BCUT2D eigenvalue weighted by Gasteiger charge is -2.08. The van der Waals surface area contributed by atoms with E-state index < -0.39 is 0 Å². The molecule has 0 aliphatic rings. The minimum Gasteiger partial charge on any atom is -0.461 e. The summed E-state index contributed by atoms with van der Waals surface area (Å²) in [5.74, 6) is -0.258. The number of unbranched alkanes of at least 4 members (excludes halogenated alkanes) is 6. The van der Waals surface area contributed by atoms with Crippen molar-refractivity contribution in [1.29, 1.82) is 0 Å². The van der Waals surface area contributed by atoms with Gasteiger partial charge in [0.1, 0.15) is 5.69 Å². The Balaban J connectivity index is 2.22. The highest BCUT2D eigenvalue weighted by molar-refractivity contribution is 5.89. The van der Waals surface area contributed by atoms with Crippen molar-refractivity contribution in [1.82, 2.24) is 4.57 Å². The summed E-state index contributed by atoms with van der Waals surface area (Å²) in [6, 6.07) is 1.70. The second-order valence-corrected chi connectivity index (χ2v) is 5.61. The Morgan fingerprint density at radius 2 is 1.76 bits per heavy atom. The maximum absolute atomic E-state index is 12.0. The molecule has 1 aromatic heterocycles. The van der Waals surface area contributed by atoms with Crippen molar-refractivity contribution in [2.24, 2.45) is 0 Å². The van der Waals surface area contributed by atoms with Crippen LogP contribution in [0.4, 0.5) is 5.69 Å². The largest absolute Gasteiger partial charge is 0.461 e. The van der Waals surface area contributed by atoms with E-state index in [4.69, 9.17) is 10.5 Å². The molecule has 1 heterocycles. The minimum absolute atomic E-state index is 0.258. The molecule has 0 bridgehead atoms. The van der Waals surface area contributed by atoms with Gasteiger partial charge >= 0.3 is 5.97 Å². The molecule has 1 rings (SSSR count). The van der Waals surface area contributed by atoms with Crippen LogP contribution < -0.4 is 5.73 Å². The van der Waals surface area contributed by atoms with Crippen LogP contribution in [0.2, 0.25) is 0 Å². The number of hydrogen-bond donors (Lipinski definition) is 1. The summed E-state index contributed by atoms with van der Waals surface area (Å²) in [6.45, 7) is 5.59. The number of ether oxygens (including phenoxy) is 1. The third-order valence-electron chi connectivity index (χ3n) is 3.57. The van der Waals surface area contributed by atoms with Crippen molar-refractivity contribution < 1.29 is 9.53 Å². The second-order valence-electron chi connectivity index (χ2n) is 5.61. The summed E-state index contributed by atoms with van der Waals surface area (Å²) < 4.78 is 7.22. The number of carbonyl (C=O) groups is 1. The zero-order valence-electron chi connectivity index (χ0n) is 13.6. The highest BCUT2D eigenvalue weighted by atomic mass is 16.5. The van der Waals surface area contributed by atoms with E-state index in [1.807, 2.05) is 4.57 Å². The Hall–Kier alpha value is -1.45. The van der Waals surface area contributed by atoms with E-state index in [1.165, 1.54) is 32.1 Å². The average Bonchev–Trinajstić information content (AvgIpc) is 2.83. The highest BCUT2D eigenvalue weighted by Crippen LogP contribution is 2.13. The van der Waals surface area contributed by atoms with Gasteiger partial charge < -0.3 is 15.0 Å². The van der Waals surface area contributed by atoms with Gasteiger partial charge in [-0.2, -0.15) is 0 Å². The monoisotopic (exact) mass is 294 g/mol. The van der Waals surface area contributed by atoms with Crippen LogP contribution in [-0.4, -0.2) is 17.1 Å². The predicted octanol–water partition coefficient (Wildman–Crippen LogP) is 4.39. The van der Waals surface area contributed by atoms with Gasteiger partial charge in [0.2, 0.25) is 0 Å². The molecule has 21 heavy (non-hydrogen) atoms. The lowest BCUT2D eigenvalue weighted by molar-refractivity contribution is 0.0485. The van der Waals surface area contributed by atoms with Crippen LogP contribution in [0.3, 0.4) is 0 Å². The number of nitrogens with two attached hydrogens (primary N) is 1. The van der Waals surface area contributed by atoms with Gasteiger partial charge in [0.25, 0.3) is 0 Å².